The van der Waals surface area contributed by atoms with E-state index in [4.69, 9.17) is 0 Å². The number of aromatic amines is 1. The molecule has 0 saturated heterocycles. The lowest BCUT2D eigenvalue weighted by Crippen LogP contribution is -2.14. The van der Waals surface area contributed by atoms with Gasteiger partial charge in [0.05, 0.1) is 5.69 Å². The number of hydrogen-bond acceptors (Lipinski definition) is 3. The molecule has 2 heterocycles. The molecule has 0 bridgehead atoms. The van der Waals surface area contributed by atoms with Crippen LogP contribution in [0.1, 0.15) is 5.56 Å². The molecule has 0 amide bonds. The molecule has 0 radical (unpaired) electrons. The number of aryl methyl sites for hydroxylation is 1. The number of nitrogens with one attached hydrogen (secondary N) is 1. The molecule has 5 nitrogen and oxygen atoms in total. The second-order valence-corrected chi connectivity index (χ2v) is 3.87. The first kappa shape index (κ1) is 9.77. The van der Waals surface area contributed by atoms with Crippen molar-refractivity contribution in [2.24, 2.45) is 0 Å². The minimum Gasteiger partial charge on any atom is -0.278 e. The maximum Gasteiger partial charge on any atom is 0.274 e. The van der Waals surface area contributed by atoms with E-state index in [2.05, 4.69) is 15.1 Å². The van der Waals surface area contributed by atoms with E-state index in [9.17, 15) is 4.79 Å². The van der Waals surface area contributed by atoms with Gasteiger partial charge in [-0.3, -0.25) is 9.89 Å². The van der Waals surface area contributed by atoms with Gasteiger partial charge in [-0.2, -0.15) is 4.52 Å². The van der Waals surface area contributed by atoms with E-state index in [-0.39, 0.29) is 5.56 Å². The highest BCUT2D eigenvalue weighted by atomic mass is 16.1. The summed E-state index contributed by atoms with van der Waals surface area (Å²) in [7, 11) is 0. The van der Waals surface area contributed by atoms with E-state index < -0.39 is 0 Å². The maximum absolute atomic E-state index is 11.8. The van der Waals surface area contributed by atoms with E-state index in [0.29, 0.717) is 11.5 Å². The van der Waals surface area contributed by atoms with Gasteiger partial charge in [0.2, 0.25) is 0 Å². The first-order chi connectivity index (χ1) is 8.24. The molecule has 2 aromatic heterocycles. The van der Waals surface area contributed by atoms with Crippen LogP contribution in [0.4, 0.5) is 0 Å². The number of rotatable bonds is 1. The zero-order valence-corrected chi connectivity index (χ0v) is 9.21. The van der Waals surface area contributed by atoms with Crippen molar-refractivity contribution in [3.05, 3.63) is 52.6 Å². The standard InChI is InChI=1S/C12H10N4O/c1-8-2-4-9(5-3-8)10-6-11(17)16-12(15-10)13-7-14-16/h2-7H,1H3,(H,13,14,15). The molecule has 0 aliphatic carbocycles. The number of H-pyrrole nitrogens is 1. The van der Waals surface area contributed by atoms with Crippen LogP contribution in [0.2, 0.25) is 0 Å². The first-order valence-electron chi connectivity index (χ1n) is 5.24. The summed E-state index contributed by atoms with van der Waals surface area (Å²) in [5, 5.41) is 2.71. The summed E-state index contributed by atoms with van der Waals surface area (Å²) >= 11 is 0. The molecule has 0 spiro atoms. The normalized spacial score (nSPS) is 10.9. The second kappa shape index (κ2) is 3.55. The monoisotopic (exact) mass is 226 g/mol. The third-order valence-corrected chi connectivity index (χ3v) is 2.62. The molecule has 1 N–H and O–H groups in total. The molecule has 0 atom stereocenters. The largest absolute Gasteiger partial charge is 0.278 e. The average molecular weight is 226 g/mol. The average Bonchev–Trinajstić information content (AvgIpc) is 2.78. The fourth-order valence-electron chi connectivity index (χ4n) is 1.69. The molecule has 0 aliphatic rings. The molecule has 0 saturated carbocycles. The lowest BCUT2D eigenvalue weighted by atomic mass is 10.1. The van der Waals surface area contributed by atoms with Crippen molar-refractivity contribution in [2.45, 2.75) is 6.92 Å². The molecule has 0 fully saturated rings. The fraction of sp³-hybridized carbons (Fsp3) is 0.0833. The molecule has 0 aliphatic heterocycles. The van der Waals surface area contributed by atoms with Gasteiger partial charge >= 0.3 is 0 Å². The Morgan fingerprint density at radius 1 is 1.24 bits per heavy atom. The third kappa shape index (κ3) is 1.61. The van der Waals surface area contributed by atoms with Crippen LogP contribution in [0.3, 0.4) is 0 Å². The molecular formula is C12H10N4O. The van der Waals surface area contributed by atoms with Crippen molar-refractivity contribution < 1.29 is 0 Å². The van der Waals surface area contributed by atoms with E-state index in [0.717, 1.165) is 5.56 Å². The number of aromatic nitrogens is 4. The van der Waals surface area contributed by atoms with Crippen LogP contribution in [-0.2, 0) is 0 Å². The van der Waals surface area contributed by atoms with E-state index in [1.165, 1.54) is 22.5 Å². The van der Waals surface area contributed by atoms with E-state index in [1.807, 2.05) is 31.2 Å². The van der Waals surface area contributed by atoms with Crippen molar-refractivity contribution in [3.63, 3.8) is 0 Å². The minimum atomic E-state index is -0.164. The van der Waals surface area contributed by atoms with Crippen molar-refractivity contribution >= 4 is 5.78 Å². The van der Waals surface area contributed by atoms with Gasteiger partial charge in [-0.15, -0.1) is 0 Å². The van der Waals surface area contributed by atoms with Gasteiger partial charge < -0.3 is 0 Å². The Balaban J connectivity index is 2.23. The van der Waals surface area contributed by atoms with Crippen molar-refractivity contribution in [2.75, 3.05) is 0 Å². The Labute approximate surface area is 96.8 Å². The van der Waals surface area contributed by atoms with E-state index in [1.54, 1.807) is 0 Å². The summed E-state index contributed by atoms with van der Waals surface area (Å²) in [6.07, 6.45) is 1.45. The van der Waals surface area contributed by atoms with Crippen LogP contribution >= 0.6 is 0 Å². The summed E-state index contributed by atoms with van der Waals surface area (Å²) in [4.78, 5) is 20.0. The van der Waals surface area contributed by atoms with Crippen LogP contribution in [0.5, 0.6) is 0 Å². The van der Waals surface area contributed by atoms with Crippen LogP contribution in [0, 0.1) is 6.92 Å². The summed E-state index contributed by atoms with van der Waals surface area (Å²) in [5.74, 6) is 0.382. The van der Waals surface area contributed by atoms with Gasteiger partial charge in [0.25, 0.3) is 11.3 Å². The highest BCUT2D eigenvalue weighted by Gasteiger charge is 2.05. The number of nitrogens with zero attached hydrogens (tertiary/aromatic N) is 3. The summed E-state index contributed by atoms with van der Waals surface area (Å²) < 4.78 is 1.30. The summed E-state index contributed by atoms with van der Waals surface area (Å²) in [5.41, 5.74) is 2.56. The van der Waals surface area contributed by atoms with Crippen LogP contribution < -0.4 is 5.56 Å². The number of hydrogen-bond donors (Lipinski definition) is 1. The Bertz CT molecular complexity index is 724. The quantitative estimate of drug-likeness (QED) is 0.682. The lowest BCUT2D eigenvalue weighted by molar-refractivity contribution is 0.900. The van der Waals surface area contributed by atoms with Crippen LogP contribution in [0.25, 0.3) is 17.0 Å². The third-order valence-electron chi connectivity index (χ3n) is 2.62. The molecule has 17 heavy (non-hydrogen) atoms. The highest BCUT2D eigenvalue weighted by Crippen LogP contribution is 2.15. The van der Waals surface area contributed by atoms with E-state index >= 15 is 0 Å². The minimum absolute atomic E-state index is 0.164. The van der Waals surface area contributed by atoms with Gasteiger partial charge in [-0.25, -0.2) is 9.97 Å². The zero-order chi connectivity index (χ0) is 11.8. The lowest BCUT2D eigenvalue weighted by Gasteiger charge is -2.00. The Kier molecular flexibility index (Phi) is 2.04. The fourth-order valence-corrected chi connectivity index (χ4v) is 1.69. The topological polar surface area (TPSA) is 63.0 Å². The molecule has 3 aromatic rings. The van der Waals surface area contributed by atoms with Crippen LogP contribution in [-0.4, -0.2) is 19.6 Å². The Morgan fingerprint density at radius 2 is 2.00 bits per heavy atom. The predicted octanol–water partition coefficient (Wildman–Crippen LogP) is 1.39. The smallest absolute Gasteiger partial charge is 0.274 e. The van der Waals surface area contributed by atoms with Gasteiger partial charge in [0.1, 0.15) is 6.33 Å². The molecular weight excluding hydrogens is 216 g/mol. The maximum atomic E-state index is 11.8. The van der Waals surface area contributed by atoms with Gasteiger partial charge in [0.15, 0.2) is 0 Å². The van der Waals surface area contributed by atoms with Crippen molar-refractivity contribution in [3.8, 4) is 11.3 Å². The Morgan fingerprint density at radius 3 is 2.76 bits per heavy atom. The molecule has 5 heteroatoms. The molecule has 3 rings (SSSR count). The summed E-state index contributed by atoms with van der Waals surface area (Å²) in [6, 6.07) is 9.36. The van der Waals surface area contributed by atoms with Gasteiger partial charge in [-0.05, 0) is 6.92 Å². The second-order valence-electron chi connectivity index (χ2n) is 3.87. The number of benzene rings is 1. The SMILES string of the molecule is Cc1ccc(-c2cc(=O)n3[nH]cnc3n2)cc1. The summed E-state index contributed by atoms with van der Waals surface area (Å²) in [6.45, 7) is 2.02. The number of fused-ring (bicyclic) bond motifs is 1. The predicted molar refractivity (Wildman–Crippen MR) is 63.8 cm³/mol. The van der Waals surface area contributed by atoms with Gasteiger partial charge in [0, 0.05) is 11.6 Å². The van der Waals surface area contributed by atoms with Crippen molar-refractivity contribution in [1.29, 1.82) is 0 Å². The zero-order valence-electron chi connectivity index (χ0n) is 9.21. The first-order valence-corrected chi connectivity index (χ1v) is 5.24. The highest BCUT2D eigenvalue weighted by molar-refractivity contribution is 5.60. The Hall–Kier alpha value is -2.43. The van der Waals surface area contributed by atoms with Crippen molar-refractivity contribution in [1.82, 2.24) is 19.6 Å². The van der Waals surface area contributed by atoms with Gasteiger partial charge in [-0.1, -0.05) is 29.8 Å². The molecule has 0 unspecified atom stereocenters. The molecule has 84 valence electrons. The molecule has 1 aromatic carbocycles. The van der Waals surface area contributed by atoms with Crippen LogP contribution in [0.15, 0.2) is 41.5 Å².